The van der Waals surface area contributed by atoms with Crippen LogP contribution in [0.2, 0.25) is 0 Å². The van der Waals surface area contributed by atoms with Gasteiger partial charge in [-0.05, 0) is 32.3 Å². The highest BCUT2D eigenvalue weighted by Crippen LogP contribution is 2.22. The summed E-state index contributed by atoms with van der Waals surface area (Å²) in [6.45, 7) is 5.18. The van der Waals surface area contributed by atoms with Crippen LogP contribution in [0.3, 0.4) is 0 Å². The molecule has 0 unspecified atom stereocenters. The SMILES string of the molecule is CC(C)N(Cc1ccccc1)c1cnnc(NC2CCCCC2)n1. The number of benzene rings is 1. The van der Waals surface area contributed by atoms with Crippen molar-refractivity contribution in [3.05, 3.63) is 42.1 Å². The second-order valence-electron chi connectivity index (χ2n) is 6.82. The molecule has 1 aliphatic rings. The number of aromatic nitrogens is 3. The third kappa shape index (κ3) is 4.43. The Hall–Kier alpha value is -2.17. The molecule has 0 bridgehead atoms. The van der Waals surface area contributed by atoms with Crippen LogP contribution in [0, 0.1) is 0 Å². The van der Waals surface area contributed by atoms with Crippen molar-refractivity contribution >= 4 is 11.8 Å². The Morgan fingerprint density at radius 3 is 2.58 bits per heavy atom. The van der Waals surface area contributed by atoms with E-state index in [0.29, 0.717) is 18.0 Å². The van der Waals surface area contributed by atoms with Crippen LogP contribution in [0.15, 0.2) is 36.5 Å². The van der Waals surface area contributed by atoms with E-state index in [-0.39, 0.29) is 0 Å². The van der Waals surface area contributed by atoms with Gasteiger partial charge in [-0.25, -0.2) is 0 Å². The van der Waals surface area contributed by atoms with Crippen molar-refractivity contribution in [3.63, 3.8) is 0 Å². The maximum Gasteiger partial charge on any atom is 0.244 e. The number of rotatable bonds is 6. The van der Waals surface area contributed by atoms with Gasteiger partial charge < -0.3 is 10.2 Å². The van der Waals surface area contributed by atoms with Gasteiger partial charge in [0.05, 0.1) is 6.20 Å². The van der Waals surface area contributed by atoms with Crippen LogP contribution in [0.1, 0.15) is 51.5 Å². The second kappa shape index (κ2) is 8.08. The van der Waals surface area contributed by atoms with Gasteiger partial charge in [-0.15, -0.1) is 5.10 Å². The van der Waals surface area contributed by atoms with Crippen LogP contribution in [0.5, 0.6) is 0 Å². The fourth-order valence-electron chi connectivity index (χ4n) is 3.23. The monoisotopic (exact) mass is 325 g/mol. The quantitative estimate of drug-likeness (QED) is 0.869. The summed E-state index contributed by atoms with van der Waals surface area (Å²) < 4.78 is 0. The predicted molar refractivity (Wildman–Crippen MR) is 98.1 cm³/mol. The molecule has 0 atom stereocenters. The Bertz CT molecular complexity index is 623. The molecule has 1 aliphatic carbocycles. The highest BCUT2D eigenvalue weighted by molar-refractivity contribution is 5.42. The molecule has 3 rings (SSSR count). The minimum atomic E-state index is 0.337. The molecule has 1 N–H and O–H groups in total. The van der Waals surface area contributed by atoms with Crippen molar-refractivity contribution in [2.75, 3.05) is 10.2 Å². The van der Waals surface area contributed by atoms with Crippen LogP contribution in [0.25, 0.3) is 0 Å². The second-order valence-corrected chi connectivity index (χ2v) is 6.82. The van der Waals surface area contributed by atoms with Gasteiger partial charge in [0.25, 0.3) is 0 Å². The largest absolute Gasteiger partial charge is 0.350 e. The zero-order chi connectivity index (χ0) is 16.8. The summed E-state index contributed by atoms with van der Waals surface area (Å²) >= 11 is 0. The molecule has 2 aromatic rings. The van der Waals surface area contributed by atoms with Gasteiger partial charge in [-0.2, -0.15) is 10.1 Å². The first-order valence-corrected chi connectivity index (χ1v) is 8.99. The van der Waals surface area contributed by atoms with Crippen molar-refractivity contribution in [1.82, 2.24) is 15.2 Å². The van der Waals surface area contributed by atoms with Crippen LogP contribution in [0.4, 0.5) is 11.8 Å². The molecule has 5 heteroatoms. The number of hydrogen-bond acceptors (Lipinski definition) is 5. The van der Waals surface area contributed by atoms with E-state index < -0.39 is 0 Å². The maximum absolute atomic E-state index is 4.73. The average molecular weight is 325 g/mol. The summed E-state index contributed by atoms with van der Waals surface area (Å²) in [5, 5.41) is 11.8. The fourth-order valence-corrected chi connectivity index (χ4v) is 3.23. The first-order chi connectivity index (χ1) is 11.7. The molecule has 1 aromatic carbocycles. The van der Waals surface area contributed by atoms with E-state index in [2.05, 4.69) is 58.5 Å². The Balaban J connectivity index is 1.74. The number of nitrogens with zero attached hydrogens (tertiary/aromatic N) is 4. The summed E-state index contributed by atoms with van der Waals surface area (Å²) in [4.78, 5) is 6.99. The molecule has 0 radical (unpaired) electrons. The standard InChI is InChI=1S/C19H27N5/c1-15(2)24(14-16-9-5-3-6-10-16)18-13-20-23-19(22-18)21-17-11-7-4-8-12-17/h3,5-6,9-10,13,15,17H,4,7-8,11-12,14H2,1-2H3,(H,21,22,23). The molecule has 0 saturated heterocycles. The van der Waals surface area contributed by atoms with E-state index in [4.69, 9.17) is 4.98 Å². The summed E-state index contributed by atoms with van der Waals surface area (Å²) in [7, 11) is 0. The molecule has 128 valence electrons. The summed E-state index contributed by atoms with van der Waals surface area (Å²) in [5.41, 5.74) is 1.27. The first kappa shape index (κ1) is 16.7. The van der Waals surface area contributed by atoms with Crippen LogP contribution in [-0.4, -0.2) is 27.3 Å². The molecule has 0 aliphatic heterocycles. The highest BCUT2D eigenvalue weighted by atomic mass is 15.3. The van der Waals surface area contributed by atoms with E-state index in [1.165, 1.54) is 37.7 Å². The van der Waals surface area contributed by atoms with Crippen molar-refractivity contribution in [3.8, 4) is 0 Å². The van der Waals surface area contributed by atoms with E-state index in [0.717, 1.165) is 12.4 Å². The van der Waals surface area contributed by atoms with Gasteiger partial charge in [0.1, 0.15) is 0 Å². The van der Waals surface area contributed by atoms with Gasteiger partial charge in [-0.1, -0.05) is 49.6 Å². The van der Waals surface area contributed by atoms with Crippen molar-refractivity contribution in [2.24, 2.45) is 0 Å². The zero-order valence-corrected chi connectivity index (χ0v) is 14.7. The lowest BCUT2D eigenvalue weighted by molar-refractivity contribution is 0.460. The Labute approximate surface area is 144 Å². The molecule has 5 nitrogen and oxygen atoms in total. The number of hydrogen-bond donors (Lipinski definition) is 1. The van der Waals surface area contributed by atoms with Gasteiger partial charge in [0.15, 0.2) is 5.82 Å². The molecule has 0 spiro atoms. The molecule has 1 saturated carbocycles. The number of nitrogens with one attached hydrogen (secondary N) is 1. The Morgan fingerprint density at radius 1 is 1.12 bits per heavy atom. The number of anilines is 2. The molecular weight excluding hydrogens is 298 g/mol. The van der Waals surface area contributed by atoms with E-state index in [9.17, 15) is 0 Å². The van der Waals surface area contributed by atoms with Gasteiger partial charge >= 0.3 is 0 Å². The minimum Gasteiger partial charge on any atom is -0.350 e. The van der Waals surface area contributed by atoms with Crippen LogP contribution in [-0.2, 0) is 6.54 Å². The van der Waals surface area contributed by atoms with Crippen molar-refractivity contribution in [1.29, 1.82) is 0 Å². The molecule has 24 heavy (non-hydrogen) atoms. The predicted octanol–water partition coefficient (Wildman–Crippen LogP) is 4.03. The van der Waals surface area contributed by atoms with Gasteiger partial charge in [0, 0.05) is 18.6 Å². The lowest BCUT2D eigenvalue weighted by Gasteiger charge is -2.28. The van der Waals surface area contributed by atoms with E-state index >= 15 is 0 Å². The van der Waals surface area contributed by atoms with Crippen LogP contribution >= 0.6 is 0 Å². The summed E-state index contributed by atoms with van der Waals surface area (Å²) in [6, 6.07) is 11.3. The van der Waals surface area contributed by atoms with Gasteiger partial charge in [0.2, 0.25) is 5.95 Å². The fraction of sp³-hybridized carbons (Fsp3) is 0.526. The Morgan fingerprint density at radius 2 is 1.88 bits per heavy atom. The highest BCUT2D eigenvalue weighted by Gasteiger charge is 2.17. The summed E-state index contributed by atoms with van der Waals surface area (Å²) in [6.07, 6.45) is 8.08. The lowest BCUT2D eigenvalue weighted by Crippen LogP contribution is -2.32. The molecule has 1 heterocycles. The van der Waals surface area contributed by atoms with Crippen molar-refractivity contribution in [2.45, 2.75) is 64.6 Å². The van der Waals surface area contributed by atoms with Crippen LogP contribution < -0.4 is 10.2 Å². The van der Waals surface area contributed by atoms with E-state index in [1.807, 2.05) is 6.07 Å². The normalized spacial score (nSPS) is 15.5. The minimum absolute atomic E-state index is 0.337. The molecular formula is C19H27N5. The molecule has 1 fully saturated rings. The third-order valence-electron chi connectivity index (χ3n) is 4.60. The van der Waals surface area contributed by atoms with Crippen molar-refractivity contribution < 1.29 is 0 Å². The maximum atomic E-state index is 4.73. The van der Waals surface area contributed by atoms with E-state index in [1.54, 1.807) is 6.20 Å². The topological polar surface area (TPSA) is 53.9 Å². The smallest absolute Gasteiger partial charge is 0.244 e. The summed E-state index contributed by atoms with van der Waals surface area (Å²) in [5.74, 6) is 1.53. The Kier molecular flexibility index (Phi) is 5.62. The molecule has 1 aromatic heterocycles. The zero-order valence-electron chi connectivity index (χ0n) is 14.7. The average Bonchev–Trinajstić information content (AvgIpc) is 2.61. The lowest BCUT2D eigenvalue weighted by atomic mass is 9.96. The molecule has 0 amide bonds. The van der Waals surface area contributed by atoms with Gasteiger partial charge in [-0.3, -0.25) is 0 Å². The first-order valence-electron chi connectivity index (χ1n) is 8.99. The third-order valence-corrected chi connectivity index (χ3v) is 4.60.